The van der Waals surface area contributed by atoms with Crippen LogP contribution in [-0.4, -0.2) is 0 Å². The molecule has 0 radical (unpaired) electrons. The molecular formula is C7H10Ti. The first-order valence-electron chi connectivity index (χ1n) is 3.03. The van der Waals surface area contributed by atoms with E-state index in [2.05, 4.69) is 25.2 Å². The van der Waals surface area contributed by atoms with E-state index in [-0.39, 0.29) is 0 Å². The van der Waals surface area contributed by atoms with Crippen molar-refractivity contribution >= 4 is 0 Å². The topological polar surface area (TPSA) is 0 Å². The second kappa shape index (κ2) is 3.27. The molecule has 1 aliphatic rings. The molecule has 1 heteroatoms. The van der Waals surface area contributed by atoms with Gasteiger partial charge in [-0.1, -0.05) is 0 Å². The van der Waals surface area contributed by atoms with Crippen molar-refractivity contribution in [3.63, 3.8) is 0 Å². The van der Waals surface area contributed by atoms with Crippen LogP contribution in [0.1, 0.15) is 13.3 Å². The summed E-state index contributed by atoms with van der Waals surface area (Å²) in [6.07, 6.45) is 7.96. The molecule has 0 spiro atoms. The fourth-order valence-corrected chi connectivity index (χ4v) is 2.26. The average Bonchev–Trinajstić information content (AvgIpc) is 2.19. The van der Waals surface area contributed by atoms with E-state index in [0.717, 1.165) is 0 Å². The number of hydrogen-bond acceptors (Lipinski definition) is 0. The van der Waals surface area contributed by atoms with Crippen LogP contribution in [-0.2, 0) is 19.2 Å². The molecule has 0 aromatic carbocycles. The fourth-order valence-electron chi connectivity index (χ4n) is 0.805. The molecule has 0 amide bonds. The number of allylic oxidation sites excluding steroid dienone is 4. The predicted octanol–water partition coefficient (Wildman–Crippen LogP) is 2.35. The molecule has 0 aromatic rings. The van der Waals surface area contributed by atoms with Gasteiger partial charge >= 0.3 is 59.3 Å². The summed E-state index contributed by atoms with van der Waals surface area (Å²) in [5, 5.41) is 0. The van der Waals surface area contributed by atoms with Crippen molar-refractivity contribution in [3.05, 3.63) is 22.1 Å². The Morgan fingerprint density at radius 1 is 1.75 bits per heavy atom. The molecule has 0 heterocycles. The first-order valence-corrected chi connectivity index (χ1v) is 4.91. The van der Waals surface area contributed by atoms with Crippen LogP contribution in [0.3, 0.4) is 0 Å². The quantitative estimate of drug-likeness (QED) is 0.519. The van der Waals surface area contributed by atoms with Crippen molar-refractivity contribution in [2.24, 2.45) is 0 Å². The number of rotatable bonds is 2. The van der Waals surface area contributed by atoms with Crippen molar-refractivity contribution in [2.75, 3.05) is 0 Å². The molecule has 1 aliphatic carbocycles. The van der Waals surface area contributed by atoms with Gasteiger partial charge < -0.3 is 0 Å². The first kappa shape index (κ1) is 6.32. The SMILES string of the molecule is C[CH2][Ti][C]1=CC=CC1. The molecule has 8 heavy (non-hydrogen) atoms. The van der Waals surface area contributed by atoms with Crippen molar-refractivity contribution < 1.29 is 19.2 Å². The molecule has 0 fully saturated rings. The van der Waals surface area contributed by atoms with Gasteiger partial charge in [-0.25, -0.2) is 0 Å². The molecule has 42 valence electrons. The Kier molecular flexibility index (Phi) is 2.58. The summed E-state index contributed by atoms with van der Waals surface area (Å²) in [5.41, 5.74) is 0. The summed E-state index contributed by atoms with van der Waals surface area (Å²) in [4.78, 5) is 0. The first-order chi connectivity index (χ1) is 3.93. The second-order valence-electron chi connectivity index (χ2n) is 1.85. The second-order valence-corrected chi connectivity index (χ2v) is 4.51. The van der Waals surface area contributed by atoms with Crippen LogP contribution >= 0.6 is 0 Å². The molecule has 0 atom stereocenters. The molecule has 0 saturated carbocycles. The van der Waals surface area contributed by atoms with Crippen LogP contribution in [0.15, 0.2) is 22.1 Å². The zero-order valence-electron chi connectivity index (χ0n) is 5.15. The molecule has 1 rings (SSSR count). The standard InChI is InChI=1S/C5H5.C2H5.Ti/c1-2-4-5-3-1;1-2;/h1-3H,4H2;1H2,2H3;. The Hall–Kier alpha value is 0.194. The third kappa shape index (κ3) is 1.61. The Morgan fingerprint density at radius 2 is 2.62 bits per heavy atom. The van der Waals surface area contributed by atoms with E-state index in [1.807, 2.05) is 0 Å². The Bertz CT molecular complexity index is 122. The summed E-state index contributed by atoms with van der Waals surface area (Å²) in [5.74, 6) is 0. The Balaban J connectivity index is 2.28. The van der Waals surface area contributed by atoms with E-state index in [0.29, 0.717) is 19.2 Å². The maximum atomic E-state index is 2.28. The third-order valence-electron chi connectivity index (χ3n) is 1.18. The Labute approximate surface area is 59.6 Å². The fraction of sp³-hybridized carbons (Fsp3) is 0.429. The van der Waals surface area contributed by atoms with Gasteiger partial charge in [0.15, 0.2) is 0 Å². The van der Waals surface area contributed by atoms with Gasteiger partial charge in [0.25, 0.3) is 0 Å². The molecule has 0 saturated heterocycles. The van der Waals surface area contributed by atoms with Crippen LogP contribution in [0, 0.1) is 0 Å². The van der Waals surface area contributed by atoms with Crippen LogP contribution in [0.4, 0.5) is 0 Å². The van der Waals surface area contributed by atoms with Gasteiger partial charge in [-0.05, 0) is 0 Å². The van der Waals surface area contributed by atoms with Gasteiger partial charge in [0.05, 0.1) is 0 Å². The average molecular weight is 142 g/mol. The van der Waals surface area contributed by atoms with Gasteiger partial charge in [-0.2, -0.15) is 0 Å². The van der Waals surface area contributed by atoms with Crippen molar-refractivity contribution in [3.8, 4) is 0 Å². The van der Waals surface area contributed by atoms with Gasteiger partial charge in [-0.15, -0.1) is 0 Å². The van der Waals surface area contributed by atoms with E-state index >= 15 is 0 Å². The molecular weight excluding hydrogens is 132 g/mol. The zero-order chi connectivity index (χ0) is 5.82. The van der Waals surface area contributed by atoms with E-state index in [9.17, 15) is 0 Å². The summed E-state index contributed by atoms with van der Waals surface area (Å²) < 4.78 is 3.13. The van der Waals surface area contributed by atoms with Gasteiger partial charge in [0.1, 0.15) is 0 Å². The van der Waals surface area contributed by atoms with Gasteiger partial charge in [0, 0.05) is 0 Å². The zero-order valence-corrected chi connectivity index (χ0v) is 6.71. The monoisotopic (exact) mass is 142 g/mol. The third-order valence-corrected chi connectivity index (χ3v) is 3.02. The van der Waals surface area contributed by atoms with Crippen LogP contribution < -0.4 is 0 Å². The molecule has 0 unspecified atom stereocenters. The Morgan fingerprint density at radius 3 is 3.12 bits per heavy atom. The molecule has 0 bridgehead atoms. The molecule has 0 nitrogen and oxygen atoms in total. The van der Waals surface area contributed by atoms with Gasteiger partial charge in [-0.3, -0.25) is 0 Å². The van der Waals surface area contributed by atoms with Crippen LogP contribution in [0.2, 0.25) is 4.73 Å². The van der Waals surface area contributed by atoms with E-state index in [4.69, 9.17) is 0 Å². The van der Waals surface area contributed by atoms with Crippen molar-refractivity contribution in [1.82, 2.24) is 0 Å². The normalized spacial score (nSPS) is 16.4. The molecule has 0 N–H and O–H groups in total. The van der Waals surface area contributed by atoms with Gasteiger partial charge in [0.2, 0.25) is 0 Å². The predicted molar refractivity (Wildman–Crippen MR) is 32.3 cm³/mol. The van der Waals surface area contributed by atoms with E-state index in [1.54, 1.807) is 3.88 Å². The van der Waals surface area contributed by atoms with Crippen LogP contribution in [0.5, 0.6) is 0 Å². The minimum absolute atomic E-state index is 0.306. The number of hydrogen-bond donors (Lipinski definition) is 0. The van der Waals surface area contributed by atoms with E-state index < -0.39 is 0 Å². The summed E-state index contributed by atoms with van der Waals surface area (Å²) >= 11 is 0.306. The van der Waals surface area contributed by atoms with E-state index in [1.165, 1.54) is 11.1 Å². The van der Waals surface area contributed by atoms with Crippen molar-refractivity contribution in [2.45, 2.75) is 18.1 Å². The molecule has 0 aliphatic heterocycles. The van der Waals surface area contributed by atoms with Crippen molar-refractivity contribution in [1.29, 1.82) is 0 Å². The molecule has 0 aromatic heterocycles. The summed E-state index contributed by atoms with van der Waals surface area (Å²) in [6, 6.07) is 0. The minimum atomic E-state index is 0.306. The summed E-state index contributed by atoms with van der Waals surface area (Å²) in [7, 11) is 0. The summed E-state index contributed by atoms with van der Waals surface area (Å²) in [6.45, 7) is 2.28. The van der Waals surface area contributed by atoms with Crippen LogP contribution in [0.25, 0.3) is 0 Å². The maximum absolute atomic E-state index is 2.28.